The van der Waals surface area contributed by atoms with Crippen molar-refractivity contribution in [2.45, 2.75) is 19.3 Å². The fourth-order valence-electron chi connectivity index (χ4n) is 1.34. The molecule has 5 nitrogen and oxygen atoms in total. The lowest BCUT2D eigenvalue weighted by atomic mass is 9.79. The number of aliphatic hydroxyl groups excluding tert-OH is 3. The van der Waals surface area contributed by atoms with Crippen LogP contribution in [0.2, 0.25) is 0 Å². The first-order valence-electron chi connectivity index (χ1n) is 4.19. The molecule has 0 fully saturated rings. The van der Waals surface area contributed by atoms with E-state index in [0.29, 0.717) is 0 Å². The zero-order chi connectivity index (χ0) is 10.3. The van der Waals surface area contributed by atoms with E-state index >= 15 is 0 Å². The van der Waals surface area contributed by atoms with Gasteiger partial charge in [0.1, 0.15) is 0 Å². The van der Waals surface area contributed by atoms with Gasteiger partial charge in [-0.3, -0.25) is 4.79 Å². The predicted octanol–water partition coefficient (Wildman–Crippen LogP) is -0.795. The first kappa shape index (κ1) is 12.3. The highest BCUT2D eigenvalue weighted by atomic mass is 16.4. The van der Waals surface area contributed by atoms with Gasteiger partial charge < -0.3 is 20.4 Å². The maximum atomic E-state index is 10.9. The zero-order valence-corrected chi connectivity index (χ0v) is 7.44. The van der Waals surface area contributed by atoms with Crippen LogP contribution in [0.4, 0.5) is 0 Å². The molecule has 0 saturated heterocycles. The van der Waals surface area contributed by atoms with Crippen LogP contribution in [-0.4, -0.2) is 46.2 Å². The van der Waals surface area contributed by atoms with Crippen LogP contribution in [0.25, 0.3) is 0 Å². The van der Waals surface area contributed by atoms with Gasteiger partial charge in [-0.1, -0.05) is 0 Å². The van der Waals surface area contributed by atoms with Gasteiger partial charge in [0.2, 0.25) is 0 Å². The molecule has 0 bridgehead atoms. The first-order valence-corrected chi connectivity index (χ1v) is 4.19. The Hall–Kier alpha value is -0.650. The number of carboxylic acid groups (broad SMARTS) is 1. The summed E-state index contributed by atoms with van der Waals surface area (Å²) >= 11 is 0. The molecule has 0 aromatic heterocycles. The first-order chi connectivity index (χ1) is 6.13. The molecule has 0 rings (SSSR count). The predicted molar refractivity (Wildman–Crippen MR) is 45.2 cm³/mol. The smallest absolute Gasteiger partial charge is 0.309 e. The summed E-state index contributed by atoms with van der Waals surface area (Å²) in [6.45, 7) is -0.773. The summed E-state index contributed by atoms with van der Waals surface area (Å²) in [5.41, 5.74) is -1.18. The lowest BCUT2D eigenvalue weighted by Gasteiger charge is -2.27. The van der Waals surface area contributed by atoms with Crippen molar-refractivity contribution in [2.75, 3.05) is 19.8 Å². The van der Waals surface area contributed by atoms with E-state index in [-0.39, 0.29) is 39.1 Å². The lowest BCUT2D eigenvalue weighted by Crippen LogP contribution is -2.34. The minimum Gasteiger partial charge on any atom is -0.481 e. The third-order valence-corrected chi connectivity index (χ3v) is 2.22. The SMILES string of the molecule is O=C(O)C(CCO)(CCO)CCO. The average Bonchev–Trinajstić information content (AvgIpc) is 2.05. The number of carbonyl (C=O) groups is 1. The van der Waals surface area contributed by atoms with Crippen LogP contribution in [0.15, 0.2) is 0 Å². The fourth-order valence-corrected chi connectivity index (χ4v) is 1.34. The summed E-state index contributed by atoms with van der Waals surface area (Å²) in [5.74, 6) is -1.08. The van der Waals surface area contributed by atoms with Crippen molar-refractivity contribution in [1.29, 1.82) is 0 Å². The monoisotopic (exact) mass is 192 g/mol. The molecule has 78 valence electrons. The van der Waals surface area contributed by atoms with E-state index in [4.69, 9.17) is 20.4 Å². The molecule has 0 unspecified atom stereocenters. The quantitative estimate of drug-likeness (QED) is 0.423. The minimum atomic E-state index is -1.18. The number of hydrogen-bond acceptors (Lipinski definition) is 4. The van der Waals surface area contributed by atoms with Gasteiger partial charge in [0.15, 0.2) is 0 Å². The third-order valence-electron chi connectivity index (χ3n) is 2.22. The number of carboxylic acids is 1. The Kier molecular flexibility index (Phi) is 5.61. The second-order valence-electron chi connectivity index (χ2n) is 3.01. The topological polar surface area (TPSA) is 98.0 Å². The van der Waals surface area contributed by atoms with Crippen molar-refractivity contribution in [3.63, 3.8) is 0 Å². The molecule has 0 amide bonds. The maximum Gasteiger partial charge on any atom is 0.309 e. The van der Waals surface area contributed by atoms with Crippen LogP contribution in [0.1, 0.15) is 19.3 Å². The van der Waals surface area contributed by atoms with Crippen LogP contribution in [0.5, 0.6) is 0 Å². The van der Waals surface area contributed by atoms with Gasteiger partial charge in [-0.2, -0.15) is 0 Å². The Labute approximate surface area is 76.6 Å². The molecule has 0 spiro atoms. The summed E-state index contributed by atoms with van der Waals surface area (Å²) in [4.78, 5) is 10.9. The molecular weight excluding hydrogens is 176 g/mol. The molecule has 0 heterocycles. The Morgan fingerprint density at radius 2 is 1.23 bits per heavy atom. The molecule has 13 heavy (non-hydrogen) atoms. The second kappa shape index (κ2) is 5.90. The van der Waals surface area contributed by atoms with E-state index in [9.17, 15) is 4.79 Å². The van der Waals surface area contributed by atoms with E-state index in [1.54, 1.807) is 0 Å². The van der Waals surface area contributed by atoms with Gasteiger partial charge >= 0.3 is 5.97 Å². The van der Waals surface area contributed by atoms with Gasteiger partial charge in [-0.25, -0.2) is 0 Å². The molecule has 0 atom stereocenters. The van der Waals surface area contributed by atoms with Gasteiger partial charge in [0.25, 0.3) is 0 Å². The molecule has 0 aromatic carbocycles. The largest absolute Gasteiger partial charge is 0.481 e. The number of hydrogen-bond donors (Lipinski definition) is 4. The van der Waals surface area contributed by atoms with E-state index < -0.39 is 11.4 Å². The summed E-state index contributed by atoms with van der Waals surface area (Å²) in [6, 6.07) is 0. The highest BCUT2D eigenvalue weighted by Gasteiger charge is 2.36. The lowest BCUT2D eigenvalue weighted by molar-refractivity contribution is -0.152. The normalized spacial score (nSPS) is 11.6. The maximum absolute atomic E-state index is 10.9. The molecule has 0 saturated carbocycles. The molecule has 0 aliphatic heterocycles. The van der Waals surface area contributed by atoms with E-state index in [1.807, 2.05) is 0 Å². The van der Waals surface area contributed by atoms with E-state index in [0.717, 1.165) is 0 Å². The Morgan fingerprint density at radius 3 is 1.38 bits per heavy atom. The zero-order valence-electron chi connectivity index (χ0n) is 7.44. The summed E-state index contributed by atoms with van der Waals surface area (Å²) in [6.07, 6.45) is 0.177. The van der Waals surface area contributed by atoms with Crippen LogP contribution in [-0.2, 0) is 4.79 Å². The molecule has 0 aromatic rings. The molecular formula is C8H16O5. The van der Waals surface area contributed by atoms with E-state index in [2.05, 4.69) is 0 Å². The summed E-state index contributed by atoms with van der Waals surface area (Å²) in [5, 5.41) is 34.9. The van der Waals surface area contributed by atoms with Crippen molar-refractivity contribution in [3.8, 4) is 0 Å². The van der Waals surface area contributed by atoms with Crippen molar-refractivity contribution in [3.05, 3.63) is 0 Å². The summed E-state index contributed by atoms with van der Waals surface area (Å²) in [7, 11) is 0. The van der Waals surface area contributed by atoms with Crippen molar-refractivity contribution in [2.24, 2.45) is 5.41 Å². The number of aliphatic hydroxyl groups is 3. The Morgan fingerprint density at radius 1 is 0.923 bits per heavy atom. The van der Waals surface area contributed by atoms with E-state index in [1.165, 1.54) is 0 Å². The van der Waals surface area contributed by atoms with Gasteiger partial charge in [0.05, 0.1) is 5.41 Å². The van der Waals surface area contributed by atoms with Gasteiger partial charge in [-0.15, -0.1) is 0 Å². The molecule has 4 N–H and O–H groups in total. The highest BCUT2D eigenvalue weighted by molar-refractivity contribution is 5.74. The molecule has 5 heteroatoms. The van der Waals surface area contributed by atoms with Crippen molar-refractivity contribution in [1.82, 2.24) is 0 Å². The van der Waals surface area contributed by atoms with Crippen molar-refractivity contribution < 1.29 is 25.2 Å². The summed E-state index contributed by atoms with van der Waals surface area (Å²) < 4.78 is 0. The molecule has 0 aliphatic carbocycles. The van der Waals surface area contributed by atoms with Crippen LogP contribution in [0, 0.1) is 5.41 Å². The molecule has 0 radical (unpaired) electrons. The average molecular weight is 192 g/mol. The fraction of sp³-hybridized carbons (Fsp3) is 0.875. The van der Waals surface area contributed by atoms with Gasteiger partial charge in [-0.05, 0) is 19.3 Å². The number of rotatable bonds is 7. The minimum absolute atomic E-state index is 0.0590. The van der Waals surface area contributed by atoms with Crippen molar-refractivity contribution >= 4 is 5.97 Å². The van der Waals surface area contributed by atoms with Crippen LogP contribution >= 0.6 is 0 Å². The van der Waals surface area contributed by atoms with Gasteiger partial charge in [0, 0.05) is 19.8 Å². The van der Waals surface area contributed by atoms with Crippen LogP contribution in [0.3, 0.4) is 0 Å². The Bertz CT molecular complexity index is 140. The Balaban J connectivity index is 4.48. The number of aliphatic carboxylic acids is 1. The highest BCUT2D eigenvalue weighted by Crippen LogP contribution is 2.30. The second-order valence-corrected chi connectivity index (χ2v) is 3.01. The third kappa shape index (κ3) is 3.30. The standard InChI is InChI=1S/C8H16O5/c9-4-1-8(2-5-10,3-6-11)7(12)13/h9-11H,1-6H2,(H,12,13). The van der Waals surface area contributed by atoms with Crippen LogP contribution < -0.4 is 0 Å². The molecule has 0 aliphatic rings.